The minimum absolute atomic E-state index is 0.141. The maximum atomic E-state index is 12.1. The van der Waals surface area contributed by atoms with E-state index in [1.807, 2.05) is 0 Å². The van der Waals surface area contributed by atoms with Gasteiger partial charge in [-0.15, -0.1) is 0 Å². The summed E-state index contributed by atoms with van der Waals surface area (Å²) in [5, 5.41) is 3.91. The third kappa shape index (κ3) is 5.08. The van der Waals surface area contributed by atoms with Crippen molar-refractivity contribution in [3.05, 3.63) is 58.1 Å². The van der Waals surface area contributed by atoms with Crippen molar-refractivity contribution in [3.63, 3.8) is 0 Å². The highest BCUT2D eigenvalue weighted by atomic mass is 35.5. The molecule has 122 valence electrons. The maximum absolute atomic E-state index is 12.1. The lowest BCUT2D eigenvalue weighted by Gasteiger charge is -2.14. The number of alkyl halides is 2. The molecule has 0 aliphatic rings. The number of hydrogen-bond acceptors (Lipinski definition) is 3. The summed E-state index contributed by atoms with van der Waals surface area (Å²) in [6.07, 6.45) is -2.83. The van der Waals surface area contributed by atoms with Gasteiger partial charge >= 0.3 is 5.97 Å². The van der Waals surface area contributed by atoms with Crippen LogP contribution in [0.25, 0.3) is 0 Å². The molecule has 2 aromatic carbocycles. The maximum Gasteiger partial charge on any atom is 0.310 e. The molecule has 3 nitrogen and oxygen atoms in total. The van der Waals surface area contributed by atoms with Gasteiger partial charge in [0.2, 0.25) is 0 Å². The molecule has 2 rings (SSSR count). The molecule has 0 aliphatic carbocycles. The molecule has 0 aromatic heterocycles. The van der Waals surface area contributed by atoms with Crippen molar-refractivity contribution in [2.45, 2.75) is 12.8 Å². The van der Waals surface area contributed by atoms with Gasteiger partial charge in [0.25, 0.3) is 6.43 Å². The second-order valence-corrected chi connectivity index (χ2v) is 5.44. The number of benzene rings is 2. The van der Waals surface area contributed by atoms with E-state index in [4.69, 9.17) is 23.2 Å². The summed E-state index contributed by atoms with van der Waals surface area (Å²) in [6.45, 7) is -0.912. The number of esters is 1. The zero-order valence-electron chi connectivity index (χ0n) is 11.9. The Labute approximate surface area is 142 Å². The van der Waals surface area contributed by atoms with Gasteiger partial charge in [-0.25, -0.2) is 8.78 Å². The smallest absolute Gasteiger partial charge is 0.310 e. The zero-order valence-corrected chi connectivity index (χ0v) is 13.4. The topological polar surface area (TPSA) is 38.3 Å². The fraction of sp³-hybridized carbons (Fsp3) is 0.188. The van der Waals surface area contributed by atoms with E-state index in [0.717, 1.165) is 0 Å². The lowest BCUT2D eigenvalue weighted by Crippen LogP contribution is -2.14. The van der Waals surface area contributed by atoms with Crippen molar-refractivity contribution < 1.29 is 18.3 Å². The van der Waals surface area contributed by atoms with Crippen LogP contribution in [0.15, 0.2) is 42.5 Å². The fourth-order valence-electron chi connectivity index (χ4n) is 1.91. The average molecular weight is 360 g/mol. The molecule has 0 saturated heterocycles. The van der Waals surface area contributed by atoms with Crippen molar-refractivity contribution in [1.82, 2.24) is 0 Å². The molecule has 1 N–H and O–H groups in total. The monoisotopic (exact) mass is 359 g/mol. The SMILES string of the molecule is O=C(Cc1ccccc1Nc1c(Cl)cccc1Cl)OCC(F)F. The molecule has 0 saturated carbocycles. The number of halogens is 4. The van der Waals surface area contributed by atoms with E-state index < -0.39 is 19.0 Å². The summed E-state index contributed by atoms with van der Waals surface area (Å²) in [4.78, 5) is 11.6. The van der Waals surface area contributed by atoms with Crippen LogP contribution in [0.3, 0.4) is 0 Å². The molecule has 0 fully saturated rings. The van der Waals surface area contributed by atoms with Crippen LogP contribution in [0.4, 0.5) is 20.2 Å². The molecule has 0 unspecified atom stereocenters. The summed E-state index contributed by atoms with van der Waals surface area (Å²) in [7, 11) is 0. The molecule has 0 heterocycles. The molecule has 2 aromatic rings. The Hall–Kier alpha value is -1.85. The first-order valence-corrected chi connectivity index (χ1v) is 7.45. The molecule has 0 aliphatic heterocycles. The highest BCUT2D eigenvalue weighted by Crippen LogP contribution is 2.33. The Morgan fingerprint density at radius 1 is 1.09 bits per heavy atom. The van der Waals surface area contributed by atoms with E-state index in [1.54, 1.807) is 42.5 Å². The van der Waals surface area contributed by atoms with Crippen molar-refractivity contribution in [3.8, 4) is 0 Å². The second-order valence-electron chi connectivity index (χ2n) is 4.63. The molecule has 0 atom stereocenters. The fourth-order valence-corrected chi connectivity index (χ4v) is 2.40. The third-order valence-electron chi connectivity index (χ3n) is 2.94. The summed E-state index contributed by atoms with van der Waals surface area (Å²) in [5.74, 6) is -0.732. The van der Waals surface area contributed by atoms with Crippen molar-refractivity contribution >= 4 is 40.5 Å². The number of para-hydroxylation sites is 2. The first-order valence-electron chi connectivity index (χ1n) is 6.70. The molecule has 0 radical (unpaired) electrons. The van der Waals surface area contributed by atoms with Gasteiger partial charge < -0.3 is 10.1 Å². The summed E-state index contributed by atoms with van der Waals surface area (Å²) >= 11 is 12.2. The summed E-state index contributed by atoms with van der Waals surface area (Å²) in [5.41, 5.74) is 1.68. The second kappa shape index (κ2) is 8.13. The predicted octanol–water partition coefficient (Wildman–Crippen LogP) is 5.09. The van der Waals surface area contributed by atoms with Gasteiger partial charge in [-0.1, -0.05) is 47.5 Å². The molecule has 23 heavy (non-hydrogen) atoms. The van der Waals surface area contributed by atoms with Crippen molar-refractivity contribution in [1.29, 1.82) is 0 Å². The van der Waals surface area contributed by atoms with Gasteiger partial charge in [-0.2, -0.15) is 0 Å². The van der Waals surface area contributed by atoms with Crippen molar-refractivity contribution in [2.75, 3.05) is 11.9 Å². The lowest BCUT2D eigenvalue weighted by molar-refractivity contribution is -0.146. The van der Waals surface area contributed by atoms with E-state index >= 15 is 0 Å². The highest BCUT2D eigenvalue weighted by Gasteiger charge is 2.13. The number of nitrogens with one attached hydrogen (secondary N) is 1. The number of carbonyl (C=O) groups is 1. The van der Waals surface area contributed by atoms with Crippen LogP contribution >= 0.6 is 23.2 Å². The lowest BCUT2D eigenvalue weighted by atomic mass is 10.1. The van der Waals surface area contributed by atoms with Gasteiger partial charge in [-0.3, -0.25) is 4.79 Å². The first-order chi connectivity index (χ1) is 11.0. The number of carbonyl (C=O) groups excluding carboxylic acids is 1. The normalized spacial score (nSPS) is 10.7. The van der Waals surface area contributed by atoms with Crippen LogP contribution in [0, 0.1) is 0 Å². The average Bonchev–Trinajstić information content (AvgIpc) is 2.50. The van der Waals surface area contributed by atoms with Gasteiger partial charge in [0.1, 0.15) is 0 Å². The van der Waals surface area contributed by atoms with Crippen LogP contribution < -0.4 is 5.32 Å². The number of ether oxygens (including phenoxy) is 1. The highest BCUT2D eigenvalue weighted by molar-refractivity contribution is 6.39. The third-order valence-corrected chi connectivity index (χ3v) is 3.57. The molecule has 0 spiro atoms. The Morgan fingerprint density at radius 3 is 2.39 bits per heavy atom. The van der Waals surface area contributed by atoms with Crippen molar-refractivity contribution in [2.24, 2.45) is 0 Å². The van der Waals surface area contributed by atoms with E-state index in [2.05, 4.69) is 10.1 Å². The molecule has 7 heteroatoms. The minimum atomic E-state index is -2.69. The Kier molecular flexibility index (Phi) is 6.19. The van der Waals surface area contributed by atoms with Gasteiger partial charge in [-0.05, 0) is 23.8 Å². The van der Waals surface area contributed by atoms with E-state index in [9.17, 15) is 13.6 Å². The molecular formula is C16H13Cl2F2NO2. The Morgan fingerprint density at radius 2 is 1.74 bits per heavy atom. The van der Waals surface area contributed by atoms with Crippen LogP contribution in [0.2, 0.25) is 10.0 Å². The van der Waals surface area contributed by atoms with Gasteiger partial charge in [0.15, 0.2) is 6.61 Å². The van der Waals surface area contributed by atoms with Crippen LogP contribution in [-0.4, -0.2) is 19.0 Å². The minimum Gasteiger partial charge on any atom is -0.459 e. The molecule has 0 amide bonds. The van der Waals surface area contributed by atoms with Crippen LogP contribution in [-0.2, 0) is 16.0 Å². The van der Waals surface area contributed by atoms with E-state index in [0.29, 0.717) is 27.0 Å². The van der Waals surface area contributed by atoms with Gasteiger partial charge in [0, 0.05) is 5.69 Å². The predicted molar refractivity (Wildman–Crippen MR) is 86.9 cm³/mol. The standard InChI is InChI=1S/C16H13Cl2F2NO2/c17-11-5-3-6-12(18)16(11)21-13-7-2-1-4-10(13)8-15(22)23-9-14(19)20/h1-7,14,21H,8-9H2. The largest absolute Gasteiger partial charge is 0.459 e. The summed E-state index contributed by atoms with van der Waals surface area (Å²) < 4.78 is 28.6. The quantitative estimate of drug-likeness (QED) is 0.730. The number of hydrogen-bond donors (Lipinski definition) is 1. The zero-order chi connectivity index (χ0) is 16.8. The van der Waals surface area contributed by atoms with Crippen LogP contribution in [0.1, 0.15) is 5.56 Å². The van der Waals surface area contributed by atoms with E-state index in [1.165, 1.54) is 0 Å². The summed E-state index contributed by atoms with van der Waals surface area (Å²) in [6, 6.07) is 12.0. The van der Waals surface area contributed by atoms with Crippen LogP contribution in [0.5, 0.6) is 0 Å². The first kappa shape index (κ1) is 17.5. The number of anilines is 2. The molecular weight excluding hydrogens is 347 g/mol. The number of rotatable bonds is 6. The van der Waals surface area contributed by atoms with Gasteiger partial charge in [0.05, 0.1) is 22.2 Å². The Balaban J connectivity index is 2.16. The Bertz CT molecular complexity index is 675. The van der Waals surface area contributed by atoms with E-state index in [-0.39, 0.29) is 6.42 Å². The molecule has 0 bridgehead atoms.